The first-order valence-corrected chi connectivity index (χ1v) is 9.55. The zero-order valence-electron chi connectivity index (χ0n) is 15.8. The highest BCUT2D eigenvalue weighted by Gasteiger charge is 2.30. The number of H-pyrrole nitrogens is 1. The first-order valence-electron chi connectivity index (χ1n) is 9.55. The Morgan fingerprint density at radius 2 is 2.00 bits per heavy atom. The molecule has 1 aliphatic rings. The quantitative estimate of drug-likeness (QED) is 0.735. The van der Waals surface area contributed by atoms with Crippen molar-refractivity contribution in [2.45, 2.75) is 25.9 Å². The second kappa shape index (κ2) is 7.56. The highest BCUT2D eigenvalue weighted by molar-refractivity contribution is 6.06. The number of nitrogens with zero attached hydrogens (tertiary/aromatic N) is 2. The van der Waals surface area contributed by atoms with Crippen LogP contribution in [0.2, 0.25) is 0 Å². The summed E-state index contributed by atoms with van der Waals surface area (Å²) in [5.74, 6) is -0.0652. The number of pyridine rings is 2. The van der Waals surface area contributed by atoms with Crippen LogP contribution in [0.1, 0.15) is 40.6 Å². The number of hydrogen-bond donors (Lipinski definition) is 2. The molecule has 144 valence electrons. The van der Waals surface area contributed by atoms with Gasteiger partial charge in [-0.3, -0.25) is 14.6 Å². The number of likely N-dealkylation sites (tertiary alicyclic amines) is 1. The molecule has 1 amide bonds. The molecule has 0 unspecified atom stereocenters. The highest BCUT2D eigenvalue weighted by Crippen LogP contribution is 2.30. The molecule has 3 aromatic rings. The number of fused-ring (bicyclic) bond motifs is 1. The molecule has 1 aromatic carbocycles. The van der Waals surface area contributed by atoms with Gasteiger partial charge in [0.2, 0.25) is 5.56 Å². The summed E-state index contributed by atoms with van der Waals surface area (Å²) in [7, 11) is 0. The molecule has 0 bridgehead atoms. The average Bonchev–Trinajstić information content (AvgIpc) is 2.73. The van der Waals surface area contributed by atoms with Gasteiger partial charge in [-0.25, -0.2) is 0 Å². The number of carbonyl (C=O) groups is 1. The molecule has 3 heterocycles. The van der Waals surface area contributed by atoms with Gasteiger partial charge in [0.05, 0.1) is 17.4 Å². The van der Waals surface area contributed by atoms with E-state index in [0.717, 1.165) is 10.9 Å². The van der Waals surface area contributed by atoms with E-state index in [0.29, 0.717) is 42.7 Å². The first kappa shape index (κ1) is 18.4. The Bertz CT molecular complexity index is 1050. The number of hydrogen-bond acceptors (Lipinski definition) is 4. The van der Waals surface area contributed by atoms with Gasteiger partial charge in [-0.15, -0.1) is 0 Å². The summed E-state index contributed by atoms with van der Waals surface area (Å²) in [6.45, 7) is 3.06. The minimum atomic E-state index is -0.624. The lowest BCUT2D eigenvalue weighted by Gasteiger charge is -2.34. The minimum Gasteiger partial charge on any atom is -0.387 e. The van der Waals surface area contributed by atoms with E-state index in [1.54, 1.807) is 11.1 Å². The molecule has 2 N–H and O–H groups in total. The normalized spacial score (nSPS) is 16.3. The Morgan fingerprint density at radius 3 is 2.71 bits per heavy atom. The maximum absolute atomic E-state index is 13.1. The van der Waals surface area contributed by atoms with Crippen molar-refractivity contribution in [2.24, 2.45) is 5.92 Å². The third-order valence-corrected chi connectivity index (χ3v) is 5.49. The molecule has 0 radical (unpaired) electrons. The van der Waals surface area contributed by atoms with Crippen LogP contribution in [-0.2, 0) is 0 Å². The second-order valence-corrected chi connectivity index (χ2v) is 7.43. The second-order valence-electron chi connectivity index (χ2n) is 7.43. The van der Waals surface area contributed by atoms with Crippen LogP contribution in [0.15, 0.2) is 53.5 Å². The van der Waals surface area contributed by atoms with E-state index >= 15 is 0 Å². The van der Waals surface area contributed by atoms with Gasteiger partial charge in [-0.1, -0.05) is 17.7 Å². The highest BCUT2D eigenvalue weighted by atomic mass is 16.3. The maximum Gasteiger partial charge on any atom is 0.254 e. The molecule has 0 spiro atoms. The number of benzene rings is 1. The fourth-order valence-electron chi connectivity index (χ4n) is 3.93. The number of aromatic nitrogens is 2. The number of rotatable bonds is 3. The number of piperidine rings is 1. The van der Waals surface area contributed by atoms with Crippen molar-refractivity contribution in [2.75, 3.05) is 13.1 Å². The monoisotopic (exact) mass is 377 g/mol. The van der Waals surface area contributed by atoms with E-state index < -0.39 is 6.10 Å². The molecule has 0 saturated carbocycles. The van der Waals surface area contributed by atoms with Gasteiger partial charge >= 0.3 is 0 Å². The summed E-state index contributed by atoms with van der Waals surface area (Å²) in [6.07, 6.45) is 2.45. The third-order valence-electron chi connectivity index (χ3n) is 5.49. The largest absolute Gasteiger partial charge is 0.387 e. The fraction of sp³-hybridized carbons (Fsp3) is 0.318. The van der Waals surface area contributed by atoms with Crippen molar-refractivity contribution in [3.63, 3.8) is 0 Å². The van der Waals surface area contributed by atoms with Crippen LogP contribution in [0, 0.1) is 12.8 Å². The van der Waals surface area contributed by atoms with Crippen LogP contribution in [0.4, 0.5) is 0 Å². The summed E-state index contributed by atoms with van der Waals surface area (Å²) in [5, 5.41) is 11.3. The summed E-state index contributed by atoms with van der Waals surface area (Å²) in [5.41, 5.74) is 2.53. The molecule has 6 heteroatoms. The summed E-state index contributed by atoms with van der Waals surface area (Å²) < 4.78 is 0. The van der Waals surface area contributed by atoms with Crippen molar-refractivity contribution in [3.05, 3.63) is 75.8 Å². The lowest BCUT2D eigenvalue weighted by Crippen LogP contribution is -2.40. The molecule has 0 aliphatic carbocycles. The smallest absolute Gasteiger partial charge is 0.254 e. The van der Waals surface area contributed by atoms with Crippen molar-refractivity contribution < 1.29 is 9.90 Å². The predicted molar refractivity (Wildman–Crippen MR) is 107 cm³/mol. The number of aryl methyl sites for hydroxylation is 1. The average molecular weight is 377 g/mol. The van der Waals surface area contributed by atoms with Crippen LogP contribution in [0.5, 0.6) is 0 Å². The van der Waals surface area contributed by atoms with Crippen molar-refractivity contribution in [1.29, 1.82) is 0 Å². The molecule has 1 aliphatic heterocycles. The Kier molecular flexibility index (Phi) is 4.96. The Morgan fingerprint density at radius 1 is 1.21 bits per heavy atom. The van der Waals surface area contributed by atoms with Crippen LogP contribution in [-0.4, -0.2) is 39.0 Å². The topological polar surface area (TPSA) is 86.3 Å². The number of aliphatic hydroxyl groups is 1. The molecule has 28 heavy (non-hydrogen) atoms. The SMILES string of the molecule is Cc1ccc2[nH]c(=O)cc(C(=O)N3CCC([C@@H](O)c4ccccn4)CC3)c2c1. The lowest BCUT2D eigenvalue weighted by molar-refractivity contribution is 0.0448. The zero-order valence-corrected chi connectivity index (χ0v) is 15.8. The molecular formula is C22H23N3O3. The van der Waals surface area contributed by atoms with Gasteiger partial charge in [-0.2, -0.15) is 0 Å². The van der Waals surface area contributed by atoms with E-state index in [1.807, 2.05) is 43.3 Å². The van der Waals surface area contributed by atoms with E-state index in [4.69, 9.17) is 0 Å². The van der Waals surface area contributed by atoms with E-state index in [-0.39, 0.29) is 17.4 Å². The van der Waals surface area contributed by atoms with E-state index in [9.17, 15) is 14.7 Å². The molecule has 1 atom stereocenters. The van der Waals surface area contributed by atoms with Crippen LogP contribution < -0.4 is 5.56 Å². The van der Waals surface area contributed by atoms with Gasteiger partial charge in [0.1, 0.15) is 0 Å². The maximum atomic E-state index is 13.1. The van der Waals surface area contributed by atoms with Crippen LogP contribution >= 0.6 is 0 Å². The Hall–Kier alpha value is -2.99. The molecule has 1 fully saturated rings. The molecular weight excluding hydrogens is 354 g/mol. The van der Waals surface area contributed by atoms with Gasteiger partial charge < -0.3 is 15.0 Å². The summed E-state index contributed by atoms with van der Waals surface area (Å²) in [4.78, 5) is 33.9. The van der Waals surface area contributed by atoms with Crippen LogP contribution in [0.25, 0.3) is 10.9 Å². The molecule has 4 rings (SSSR count). The van der Waals surface area contributed by atoms with Gasteiger partial charge in [0.25, 0.3) is 5.91 Å². The number of aliphatic hydroxyl groups excluding tert-OH is 1. The first-order chi connectivity index (χ1) is 13.5. The van der Waals surface area contributed by atoms with E-state index in [1.165, 1.54) is 6.07 Å². The number of carbonyl (C=O) groups excluding carboxylic acids is 1. The summed E-state index contributed by atoms with van der Waals surface area (Å²) in [6, 6.07) is 12.6. The molecule has 6 nitrogen and oxygen atoms in total. The minimum absolute atomic E-state index is 0.0668. The Balaban J connectivity index is 1.53. The standard InChI is InChI=1S/C22H23N3O3/c1-14-5-6-18-16(12-14)17(13-20(26)24-18)22(28)25-10-7-15(8-11-25)21(27)19-4-2-3-9-23-19/h2-6,9,12-13,15,21,27H,7-8,10-11H2,1H3,(H,24,26)/t21-/m1/s1. The predicted octanol–water partition coefficient (Wildman–Crippen LogP) is 2.82. The number of nitrogens with one attached hydrogen (secondary N) is 1. The van der Waals surface area contributed by atoms with Gasteiger partial charge in [0, 0.05) is 36.3 Å². The van der Waals surface area contributed by atoms with Crippen molar-refractivity contribution >= 4 is 16.8 Å². The van der Waals surface area contributed by atoms with Gasteiger partial charge in [0.15, 0.2) is 0 Å². The number of amides is 1. The van der Waals surface area contributed by atoms with Crippen molar-refractivity contribution in [1.82, 2.24) is 14.9 Å². The third kappa shape index (κ3) is 3.55. The zero-order chi connectivity index (χ0) is 19.7. The molecule has 1 saturated heterocycles. The van der Waals surface area contributed by atoms with Gasteiger partial charge in [-0.05, 0) is 49.9 Å². The fourth-order valence-corrected chi connectivity index (χ4v) is 3.93. The van der Waals surface area contributed by atoms with Crippen molar-refractivity contribution in [3.8, 4) is 0 Å². The van der Waals surface area contributed by atoms with E-state index in [2.05, 4.69) is 9.97 Å². The molecule has 2 aromatic heterocycles. The Labute approximate surface area is 162 Å². The lowest BCUT2D eigenvalue weighted by atomic mass is 9.89. The van der Waals surface area contributed by atoms with Crippen LogP contribution in [0.3, 0.4) is 0 Å². The summed E-state index contributed by atoms with van der Waals surface area (Å²) >= 11 is 0. The number of aromatic amines is 1.